The van der Waals surface area contributed by atoms with Crippen molar-refractivity contribution in [1.29, 1.82) is 5.26 Å². The molecule has 0 aliphatic heterocycles. The number of nitrogen functional groups attached to an aromatic ring is 1. The molecule has 5 heteroatoms. The molecule has 0 unspecified atom stereocenters. The first-order valence-electron chi connectivity index (χ1n) is 5.89. The molecule has 20 heavy (non-hydrogen) atoms. The Morgan fingerprint density at radius 1 is 1.25 bits per heavy atom. The maximum Gasteiger partial charge on any atom is 0.255 e. The third kappa shape index (κ3) is 3.11. The van der Waals surface area contributed by atoms with Crippen LogP contribution in [0.5, 0.6) is 0 Å². The van der Waals surface area contributed by atoms with Gasteiger partial charge in [0.15, 0.2) is 0 Å². The van der Waals surface area contributed by atoms with Crippen LogP contribution in [0.25, 0.3) is 0 Å². The van der Waals surface area contributed by atoms with Gasteiger partial charge in [-0.3, -0.25) is 4.79 Å². The second-order valence-electron chi connectivity index (χ2n) is 4.10. The average molecular weight is 283 g/mol. The molecule has 0 saturated heterocycles. The molecule has 1 amide bonds. The van der Waals surface area contributed by atoms with Crippen molar-refractivity contribution in [1.82, 2.24) is 0 Å². The highest BCUT2D eigenvalue weighted by Gasteiger charge is 2.08. The van der Waals surface area contributed by atoms with E-state index in [0.29, 0.717) is 22.5 Å². The fourth-order valence-corrected chi connectivity index (χ4v) is 2.09. The van der Waals surface area contributed by atoms with E-state index < -0.39 is 0 Å². The number of benzene rings is 2. The quantitative estimate of drug-likeness (QED) is 0.670. The molecule has 0 aliphatic carbocycles. The van der Waals surface area contributed by atoms with E-state index >= 15 is 0 Å². The molecule has 4 nitrogen and oxygen atoms in total. The number of nitrogens with zero attached hydrogens (tertiary/aromatic N) is 1. The Balaban J connectivity index is 2.17. The molecule has 2 aromatic rings. The molecule has 2 aromatic carbocycles. The van der Waals surface area contributed by atoms with Crippen LogP contribution < -0.4 is 11.1 Å². The zero-order valence-corrected chi connectivity index (χ0v) is 11.7. The van der Waals surface area contributed by atoms with Gasteiger partial charge in [-0.2, -0.15) is 5.26 Å². The number of hydrogen-bond acceptors (Lipinski definition) is 4. The third-order valence-electron chi connectivity index (χ3n) is 2.78. The van der Waals surface area contributed by atoms with E-state index in [4.69, 9.17) is 11.0 Å². The molecule has 0 heterocycles. The van der Waals surface area contributed by atoms with E-state index in [0.717, 1.165) is 4.90 Å². The molecule has 0 aromatic heterocycles. The molecular weight excluding hydrogens is 270 g/mol. The third-order valence-corrected chi connectivity index (χ3v) is 3.52. The van der Waals surface area contributed by atoms with Gasteiger partial charge in [0, 0.05) is 10.5 Å². The van der Waals surface area contributed by atoms with Crippen LogP contribution in [0.2, 0.25) is 0 Å². The summed E-state index contributed by atoms with van der Waals surface area (Å²) in [7, 11) is 0. The zero-order chi connectivity index (χ0) is 14.5. The summed E-state index contributed by atoms with van der Waals surface area (Å²) in [5, 5.41) is 11.5. The molecule has 0 bridgehead atoms. The lowest BCUT2D eigenvalue weighted by atomic mass is 10.1. The van der Waals surface area contributed by atoms with Crippen molar-refractivity contribution in [2.45, 2.75) is 4.90 Å². The summed E-state index contributed by atoms with van der Waals surface area (Å²) < 4.78 is 0. The smallest absolute Gasteiger partial charge is 0.255 e. The average Bonchev–Trinajstić information content (AvgIpc) is 2.49. The number of thioether (sulfide) groups is 1. The number of nitriles is 1. The highest BCUT2D eigenvalue weighted by atomic mass is 32.2. The Labute approximate surface area is 121 Å². The Bertz CT molecular complexity index is 675. The number of carbonyl (C=O) groups is 1. The number of anilines is 2. The number of nitrogens with two attached hydrogens (primary N) is 1. The van der Waals surface area contributed by atoms with Crippen LogP contribution in [0.3, 0.4) is 0 Å². The lowest BCUT2D eigenvalue weighted by Crippen LogP contribution is -2.13. The summed E-state index contributed by atoms with van der Waals surface area (Å²) in [5.74, 6) is -0.228. The summed E-state index contributed by atoms with van der Waals surface area (Å²) in [6, 6.07) is 14.1. The molecule has 0 radical (unpaired) electrons. The van der Waals surface area contributed by atoms with Crippen LogP contribution in [-0.4, -0.2) is 12.2 Å². The zero-order valence-electron chi connectivity index (χ0n) is 10.9. The Hall–Kier alpha value is -2.45. The van der Waals surface area contributed by atoms with Crippen molar-refractivity contribution in [2.75, 3.05) is 17.3 Å². The van der Waals surface area contributed by atoms with Gasteiger partial charge in [0.25, 0.3) is 5.91 Å². The van der Waals surface area contributed by atoms with Crippen LogP contribution in [0.1, 0.15) is 15.9 Å². The molecule has 0 aliphatic rings. The largest absolute Gasteiger partial charge is 0.397 e. The van der Waals surface area contributed by atoms with Crippen LogP contribution in [-0.2, 0) is 0 Å². The minimum Gasteiger partial charge on any atom is -0.397 e. The van der Waals surface area contributed by atoms with E-state index in [9.17, 15) is 4.79 Å². The van der Waals surface area contributed by atoms with Crippen molar-refractivity contribution in [3.8, 4) is 6.07 Å². The minimum atomic E-state index is -0.228. The number of carbonyl (C=O) groups excluding carboxylic acids is 1. The monoisotopic (exact) mass is 283 g/mol. The Kier molecular flexibility index (Phi) is 4.28. The number of hydrogen-bond donors (Lipinski definition) is 2. The first-order chi connectivity index (χ1) is 9.63. The minimum absolute atomic E-state index is 0.228. The summed E-state index contributed by atoms with van der Waals surface area (Å²) >= 11 is 1.62. The van der Waals surface area contributed by atoms with Crippen molar-refractivity contribution >= 4 is 29.0 Å². The summed E-state index contributed by atoms with van der Waals surface area (Å²) in [6.07, 6.45) is 1.98. The fraction of sp³-hybridized carbons (Fsp3) is 0.0667. The lowest BCUT2D eigenvalue weighted by Gasteiger charge is -2.08. The van der Waals surface area contributed by atoms with E-state index in [-0.39, 0.29) is 5.91 Å². The second kappa shape index (κ2) is 6.13. The van der Waals surface area contributed by atoms with Gasteiger partial charge < -0.3 is 11.1 Å². The molecule has 2 rings (SSSR count). The normalized spacial score (nSPS) is 9.80. The van der Waals surface area contributed by atoms with Gasteiger partial charge in [0.1, 0.15) is 0 Å². The number of amides is 1. The van der Waals surface area contributed by atoms with Gasteiger partial charge in [0.2, 0.25) is 0 Å². The van der Waals surface area contributed by atoms with Crippen molar-refractivity contribution in [3.63, 3.8) is 0 Å². The Morgan fingerprint density at radius 2 is 1.95 bits per heavy atom. The van der Waals surface area contributed by atoms with E-state index in [1.807, 2.05) is 24.5 Å². The van der Waals surface area contributed by atoms with E-state index in [1.165, 1.54) is 6.07 Å². The summed E-state index contributed by atoms with van der Waals surface area (Å²) in [5.41, 5.74) is 7.70. The molecule has 0 atom stereocenters. The maximum atomic E-state index is 12.1. The van der Waals surface area contributed by atoms with Crippen molar-refractivity contribution in [2.24, 2.45) is 0 Å². The van der Waals surface area contributed by atoms with Gasteiger partial charge in [-0.05, 0) is 48.7 Å². The molecular formula is C15H13N3OS. The van der Waals surface area contributed by atoms with E-state index in [2.05, 4.69) is 5.32 Å². The first kappa shape index (κ1) is 14.0. The highest BCUT2D eigenvalue weighted by Crippen LogP contribution is 2.21. The number of nitrogens with one attached hydrogen (secondary N) is 1. The van der Waals surface area contributed by atoms with Crippen LogP contribution >= 0.6 is 11.8 Å². The van der Waals surface area contributed by atoms with Gasteiger partial charge in [-0.1, -0.05) is 0 Å². The van der Waals surface area contributed by atoms with Crippen LogP contribution in [0.4, 0.5) is 11.4 Å². The predicted molar refractivity (Wildman–Crippen MR) is 81.7 cm³/mol. The molecule has 3 N–H and O–H groups in total. The van der Waals surface area contributed by atoms with Crippen molar-refractivity contribution in [3.05, 3.63) is 53.6 Å². The molecule has 0 fully saturated rings. The Morgan fingerprint density at radius 3 is 2.50 bits per heavy atom. The second-order valence-corrected chi connectivity index (χ2v) is 4.98. The van der Waals surface area contributed by atoms with Crippen LogP contribution in [0.15, 0.2) is 47.4 Å². The number of rotatable bonds is 3. The van der Waals surface area contributed by atoms with Gasteiger partial charge in [-0.15, -0.1) is 11.8 Å². The topological polar surface area (TPSA) is 78.9 Å². The summed E-state index contributed by atoms with van der Waals surface area (Å²) in [6.45, 7) is 0. The molecule has 0 spiro atoms. The first-order valence-corrected chi connectivity index (χ1v) is 7.11. The van der Waals surface area contributed by atoms with Crippen LogP contribution in [0, 0.1) is 11.3 Å². The van der Waals surface area contributed by atoms with Gasteiger partial charge >= 0.3 is 0 Å². The van der Waals surface area contributed by atoms with Gasteiger partial charge in [-0.25, -0.2) is 0 Å². The summed E-state index contributed by atoms with van der Waals surface area (Å²) in [4.78, 5) is 13.2. The lowest BCUT2D eigenvalue weighted by molar-refractivity contribution is 0.102. The SMILES string of the molecule is CSc1ccc(C(=O)Nc2ccc(C#N)cc2N)cc1. The maximum absolute atomic E-state index is 12.1. The van der Waals surface area contributed by atoms with Gasteiger partial charge in [0.05, 0.1) is 23.0 Å². The standard InChI is InChI=1S/C15H13N3OS/c1-20-12-5-3-11(4-6-12)15(19)18-14-7-2-10(9-16)8-13(14)17/h2-8H,17H2,1H3,(H,18,19). The molecule has 0 saturated carbocycles. The van der Waals surface area contributed by atoms with E-state index in [1.54, 1.807) is 36.0 Å². The predicted octanol–water partition coefficient (Wildman–Crippen LogP) is 3.11. The van der Waals surface area contributed by atoms with Crippen molar-refractivity contribution < 1.29 is 4.79 Å². The fourth-order valence-electron chi connectivity index (χ4n) is 1.68. The highest BCUT2D eigenvalue weighted by molar-refractivity contribution is 7.98. The molecule has 100 valence electrons.